The summed E-state index contributed by atoms with van der Waals surface area (Å²) in [4.78, 5) is 0.836. The Morgan fingerprint density at radius 2 is 2.00 bits per heavy atom. The van der Waals surface area contributed by atoms with E-state index in [0.717, 1.165) is 10.6 Å². The molecule has 0 aliphatic carbocycles. The summed E-state index contributed by atoms with van der Waals surface area (Å²) in [5.41, 5.74) is 4.51. The second-order valence-electron chi connectivity index (χ2n) is 1.74. The highest BCUT2D eigenvalue weighted by atomic mass is 35.5. The van der Waals surface area contributed by atoms with E-state index in [1.165, 1.54) is 0 Å². The highest BCUT2D eigenvalue weighted by Crippen LogP contribution is 2.22. The molecule has 1 aromatic carbocycles. The Bertz CT molecular complexity index is 207. The molecule has 0 saturated heterocycles. The molecule has 0 unspecified atom stereocenters. The van der Waals surface area contributed by atoms with Gasteiger partial charge >= 0.3 is 0 Å². The van der Waals surface area contributed by atoms with E-state index in [1.54, 1.807) is 6.07 Å². The van der Waals surface area contributed by atoms with Crippen LogP contribution in [0.2, 0.25) is 5.02 Å². The third kappa shape index (κ3) is 2.06. The number of hydrogen-bond acceptors (Lipinski definition) is 1. The van der Waals surface area contributed by atoms with Crippen LogP contribution in [-0.4, -0.2) is 0 Å². The van der Waals surface area contributed by atoms with Gasteiger partial charge in [0.05, 0.1) is 4.90 Å². The fraction of sp³-hybridized carbons (Fsp3) is 0. The molecule has 0 heterocycles. The molecule has 0 saturated carbocycles. The quantitative estimate of drug-likeness (QED) is 0.473. The molecule has 0 amide bonds. The molecular formula is C6H7Cl2NS. The SMILES string of the molecule is [Cl-].[NH3+]c1c(S)cccc1Cl. The van der Waals surface area contributed by atoms with Crippen LogP contribution in [0, 0.1) is 0 Å². The molecule has 56 valence electrons. The summed E-state index contributed by atoms with van der Waals surface area (Å²) in [6.07, 6.45) is 0. The first kappa shape index (κ1) is 10.1. The molecule has 10 heavy (non-hydrogen) atoms. The summed E-state index contributed by atoms with van der Waals surface area (Å²) >= 11 is 9.82. The Kier molecular flexibility index (Phi) is 4.13. The summed E-state index contributed by atoms with van der Waals surface area (Å²) in [6, 6.07) is 5.50. The first-order valence-electron chi connectivity index (χ1n) is 2.51. The van der Waals surface area contributed by atoms with Gasteiger partial charge in [-0.15, -0.1) is 12.6 Å². The van der Waals surface area contributed by atoms with Crippen LogP contribution >= 0.6 is 24.2 Å². The van der Waals surface area contributed by atoms with Gasteiger partial charge < -0.3 is 18.1 Å². The molecular weight excluding hydrogens is 189 g/mol. The molecule has 0 aliphatic heterocycles. The van der Waals surface area contributed by atoms with Gasteiger partial charge in [-0.2, -0.15) is 0 Å². The monoisotopic (exact) mass is 195 g/mol. The minimum absolute atomic E-state index is 0. The van der Waals surface area contributed by atoms with Crippen molar-refractivity contribution in [3.63, 3.8) is 0 Å². The maximum absolute atomic E-state index is 5.70. The third-order valence-electron chi connectivity index (χ3n) is 1.09. The number of benzene rings is 1. The fourth-order valence-corrected chi connectivity index (χ4v) is 0.994. The lowest BCUT2D eigenvalue weighted by molar-refractivity contribution is -0.258. The number of quaternary nitrogens is 1. The van der Waals surface area contributed by atoms with Gasteiger partial charge in [0.1, 0.15) is 5.02 Å². The van der Waals surface area contributed by atoms with Crippen molar-refractivity contribution >= 4 is 29.9 Å². The van der Waals surface area contributed by atoms with Gasteiger partial charge in [-0.1, -0.05) is 17.7 Å². The van der Waals surface area contributed by atoms with E-state index >= 15 is 0 Å². The third-order valence-corrected chi connectivity index (χ3v) is 1.87. The predicted octanol–water partition coefficient (Wildman–Crippen LogP) is -1.49. The maximum Gasteiger partial charge on any atom is 0.160 e. The van der Waals surface area contributed by atoms with Crippen LogP contribution in [0.5, 0.6) is 0 Å². The Labute approximate surface area is 76.4 Å². The van der Waals surface area contributed by atoms with Crippen LogP contribution in [0.4, 0.5) is 5.69 Å². The molecule has 4 heteroatoms. The van der Waals surface area contributed by atoms with Crippen molar-refractivity contribution in [3.05, 3.63) is 23.2 Å². The lowest BCUT2D eigenvalue weighted by Gasteiger charge is -1.93. The first-order valence-corrected chi connectivity index (χ1v) is 3.34. The van der Waals surface area contributed by atoms with E-state index < -0.39 is 0 Å². The molecule has 3 N–H and O–H groups in total. The van der Waals surface area contributed by atoms with Crippen molar-refractivity contribution in [2.45, 2.75) is 4.90 Å². The van der Waals surface area contributed by atoms with Crippen LogP contribution in [0.1, 0.15) is 0 Å². The maximum atomic E-state index is 5.70. The number of halogens is 2. The standard InChI is InChI=1S/C6H6ClNS.ClH/c7-4-2-1-3-5(9)6(4)8;/h1-3,9H,8H2;1H. The molecule has 0 aromatic heterocycles. The molecule has 0 bridgehead atoms. The lowest BCUT2D eigenvalue weighted by atomic mass is 10.3. The van der Waals surface area contributed by atoms with Crippen LogP contribution < -0.4 is 18.1 Å². The summed E-state index contributed by atoms with van der Waals surface area (Å²) in [5.74, 6) is 0. The minimum Gasteiger partial charge on any atom is -1.00 e. The van der Waals surface area contributed by atoms with Gasteiger partial charge in [-0.25, -0.2) is 0 Å². The van der Waals surface area contributed by atoms with Gasteiger partial charge in [0.2, 0.25) is 0 Å². The summed E-state index contributed by atoms with van der Waals surface area (Å²) in [7, 11) is 0. The molecule has 1 nitrogen and oxygen atoms in total. The van der Waals surface area contributed by atoms with Crippen molar-refractivity contribution in [3.8, 4) is 0 Å². The van der Waals surface area contributed by atoms with Crippen LogP contribution in [-0.2, 0) is 0 Å². The van der Waals surface area contributed by atoms with Gasteiger partial charge in [0.25, 0.3) is 0 Å². The molecule has 0 fully saturated rings. The zero-order valence-corrected chi connectivity index (χ0v) is 7.55. The lowest BCUT2D eigenvalue weighted by Crippen LogP contribution is -3.00. The average Bonchev–Trinajstić information content (AvgIpc) is 1.83. The van der Waals surface area contributed by atoms with Crippen molar-refractivity contribution in [1.82, 2.24) is 0 Å². The predicted molar refractivity (Wildman–Crippen MR) is 41.3 cm³/mol. The molecule has 0 spiro atoms. The zero-order chi connectivity index (χ0) is 6.85. The van der Waals surface area contributed by atoms with Gasteiger partial charge in [-0.05, 0) is 12.1 Å². The van der Waals surface area contributed by atoms with E-state index in [4.69, 9.17) is 11.6 Å². The summed E-state index contributed by atoms with van der Waals surface area (Å²) < 4.78 is 0. The molecule has 1 rings (SSSR count). The number of hydrogen-bond donors (Lipinski definition) is 2. The minimum atomic E-state index is 0. The molecule has 0 radical (unpaired) electrons. The Morgan fingerprint density at radius 1 is 1.40 bits per heavy atom. The number of rotatable bonds is 0. The smallest absolute Gasteiger partial charge is 0.160 e. The van der Waals surface area contributed by atoms with Crippen molar-refractivity contribution < 1.29 is 18.1 Å². The topological polar surface area (TPSA) is 27.6 Å². The first-order chi connectivity index (χ1) is 4.22. The van der Waals surface area contributed by atoms with E-state index in [-0.39, 0.29) is 12.4 Å². The Balaban J connectivity index is 0.000000810. The second kappa shape index (κ2) is 4.09. The van der Waals surface area contributed by atoms with Crippen molar-refractivity contribution in [2.24, 2.45) is 0 Å². The molecule has 0 aliphatic rings. The second-order valence-corrected chi connectivity index (χ2v) is 2.63. The van der Waals surface area contributed by atoms with Crippen LogP contribution in [0.3, 0.4) is 0 Å². The molecule has 0 atom stereocenters. The van der Waals surface area contributed by atoms with E-state index in [0.29, 0.717) is 5.02 Å². The zero-order valence-electron chi connectivity index (χ0n) is 5.14. The van der Waals surface area contributed by atoms with E-state index in [2.05, 4.69) is 18.4 Å². The van der Waals surface area contributed by atoms with E-state index in [9.17, 15) is 0 Å². The van der Waals surface area contributed by atoms with Crippen LogP contribution in [0.25, 0.3) is 0 Å². The van der Waals surface area contributed by atoms with Crippen molar-refractivity contribution in [2.75, 3.05) is 0 Å². The summed E-state index contributed by atoms with van der Waals surface area (Å²) in [5, 5.41) is 0.669. The highest BCUT2D eigenvalue weighted by Gasteiger charge is 2.00. The van der Waals surface area contributed by atoms with Crippen molar-refractivity contribution in [1.29, 1.82) is 0 Å². The Hall–Kier alpha value is 0.110. The average molecular weight is 196 g/mol. The van der Waals surface area contributed by atoms with Crippen LogP contribution in [0.15, 0.2) is 23.1 Å². The highest BCUT2D eigenvalue weighted by molar-refractivity contribution is 7.80. The van der Waals surface area contributed by atoms with Gasteiger partial charge in [0.15, 0.2) is 5.69 Å². The Morgan fingerprint density at radius 3 is 2.40 bits per heavy atom. The summed E-state index contributed by atoms with van der Waals surface area (Å²) in [6.45, 7) is 0. The largest absolute Gasteiger partial charge is 1.00 e. The van der Waals surface area contributed by atoms with Gasteiger partial charge in [-0.3, -0.25) is 0 Å². The van der Waals surface area contributed by atoms with Gasteiger partial charge in [0, 0.05) is 0 Å². The normalized spacial score (nSPS) is 8.70. The number of thiol groups is 1. The fourth-order valence-electron chi connectivity index (χ4n) is 0.547. The molecule has 1 aromatic rings. The van der Waals surface area contributed by atoms with E-state index in [1.807, 2.05) is 12.1 Å².